The fourth-order valence-electron chi connectivity index (χ4n) is 1.57. The van der Waals surface area contributed by atoms with E-state index in [-0.39, 0.29) is 10.8 Å². The van der Waals surface area contributed by atoms with Gasteiger partial charge in [-0.15, -0.1) is 9.82 Å². The largest absolute Gasteiger partial charge is 0.598 e. The van der Waals surface area contributed by atoms with Gasteiger partial charge in [0.1, 0.15) is 4.75 Å². The van der Waals surface area contributed by atoms with Crippen LogP contribution in [0, 0.1) is 0 Å². The first-order valence-electron chi connectivity index (χ1n) is 6.12. The lowest BCUT2D eigenvalue weighted by Gasteiger charge is -2.26. The van der Waals surface area contributed by atoms with Crippen LogP contribution in [0.25, 0.3) is 11.0 Å². The Morgan fingerprint density at radius 1 is 1.37 bits per heavy atom. The maximum absolute atomic E-state index is 12.1. The van der Waals surface area contributed by atoms with E-state index in [1.807, 2.05) is 40.8 Å². The summed E-state index contributed by atoms with van der Waals surface area (Å²) in [7, 11) is 1.83. The summed E-state index contributed by atoms with van der Waals surface area (Å²) < 4.78 is 16.5. The quantitative estimate of drug-likeness (QED) is 0.862. The van der Waals surface area contributed by atoms with Gasteiger partial charge >= 0.3 is 0 Å². The van der Waals surface area contributed by atoms with Crippen LogP contribution in [0.1, 0.15) is 39.4 Å². The zero-order chi connectivity index (χ0) is 14.2. The molecule has 0 amide bonds. The first-order valence-corrected chi connectivity index (χ1v) is 7.27. The minimum Gasteiger partial charge on any atom is -0.598 e. The minimum absolute atomic E-state index is 0.128. The van der Waals surface area contributed by atoms with E-state index >= 15 is 0 Å². The van der Waals surface area contributed by atoms with Crippen LogP contribution in [0.5, 0.6) is 0 Å². The molecule has 0 saturated heterocycles. The van der Waals surface area contributed by atoms with Gasteiger partial charge in [0.15, 0.2) is 5.65 Å². The van der Waals surface area contributed by atoms with Crippen molar-refractivity contribution in [2.45, 2.75) is 38.5 Å². The summed E-state index contributed by atoms with van der Waals surface area (Å²) in [6.07, 6.45) is 1.75. The first kappa shape index (κ1) is 14.2. The summed E-state index contributed by atoms with van der Waals surface area (Å²) in [5.41, 5.74) is 1.51. The van der Waals surface area contributed by atoms with E-state index in [2.05, 4.69) is 20.0 Å². The maximum atomic E-state index is 12.1. The van der Waals surface area contributed by atoms with Gasteiger partial charge in [0.25, 0.3) is 0 Å². The molecule has 1 N–H and O–H groups in total. The van der Waals surface area contributed by atoms with Crippen LogP contribution < -0.4 is 4.72 Å². The molecule has 2 aromatic heterocycles. The van der Waals surface area contributed by atoms with Crippen LogP contribution in [0.4, 0.5) is 0 Å². The Kier molecular flexibility index (Phi) is 3.80. The van der Waals surface area contributed by atoms with Crippen molar-refractivity contribution < 1.29 is 4.55 Å². The number of aromatic nitrogens is 4. The molecule has 2 rings (SSSR count). The third-order valence-electron chi connectivity index (χ3n) is 2.78. The lowest BCUT2D eigenvalue weighted by atomic mass is 10.2. The summed E-state index contributed by atoms with van der Waals surface area (Å²) in [4.78, 5) is 0. The van der Waals surface area contributed by atoms with Crippen molar-refractivity contribution in [3.63, 3.8) is 0 Å². The highest BCUT2D eigenvalue weighted by Crippen LogP contribution is 2.20. The Hall–Kier alpha value is -1.18. The average molecular weight is 281 g/mol. The van der Waals surface area contributed by atoms with E-state index in [9.17, 15) is 4.55 Å². The monoisotopic (exact) mass is 281 g/mol. The Bertz CT molecular complexity index is 577. The first-order chi connectivity index (χ1) is 8.79. The lowest BCUT2D eigenvalue weighted by molar-refractivity contribution is 0.528. The highest BCUT2D eigenvalue weighted by atomic mass is 32.2. The molecule has 7 heteroatoms. The van der Waals surface area contributed by atoms with Crippen molar-refractivity contribution in [3.8, 4) is 0 Å². The number of nitrogens with zero attached hydrogens (tertiary/aromatic N) is 4. The number of nitrogens with one attached hydrogen (secondary N) is 1. The standard InChI is InChI=1S/C12H19N5OS/c1-8(16-19(18)12(2,3)4)10-6-9-7-13-17(5)11(9)15-14-10/h6-8,16H,1-5H3/t8-,19?/m1/s1. The lowest BCUT2D eigenvalue weighted by Crippen LogP contribution is -2.40. The molecule has 0 aliphatic carbocycles. The molecule has 0 bridgehead atoms. The molecule has 104 valence electrons. The van der Waals surface area contributed by atoms with Crippen molar-refractivity contribution in [3.05, 3.63) is 18.0 Å². The Balaban J connectivity index is 2.19. The summed E-state index contributed by atoms with van der Waals surface area (Å²) >= 11 is -1.14. The molecular weight excluding hydrogens is 262 g/mol. The Labute approximate surface area is 115 Å². The van der Waals surface area contributed by atoms with Gasteiger partial charge in [0, 0.05) is 23.8 Å². The van der Waals surface area contributed by atoms with Crippen molar-refractivity contribution >= 4 is 22.4 Å². The van der Waals surface area contributed by atoms with E-state index in [1.165, 1.54) is 0 Å². The molecule has 6 nitrogen and oxygen atoms in total. The Morgan fingerprint density at radius 3 is 2.68 bits per heavy atom. The highest BCUT2D eigenvalue weighted by Gasteiger charge is 2.28. The van der Waals surface area contributed by atoms with Gasteiger partial charge in [-0.2, -0.15) is 10.2 Å². The van der Waals surface area contributed by atoms with Crippen LogP contribution in [0.15, 0.2) is 12.3 Å². The molecule has 0 aliphatic heterocycles. The second-order valence-electron chi connectivity index (χ2n) is 5.54. The molecular formula is C12H19N5OS. The second kappa shape index (κ2) is 5.07. The Morgan fingerprint density at radius 2 is 2.05 bits per heavy atom. The summed E-state index contributed by atoms with van der Waals surface area (Å²) in [6, 6.07) is 1.80. The van der Waals surface area contributed by atoms with Crippen molar-refractivity contribution in [1.29, 1.82) is 0 Å². The molecule has 2 heterocycles. The van der Waals surface area contributed by atoms with Gasteiger partial charge in [-0.05, 0) is 33.8 Å². The predicted octanol–water partition coefficient (Wildman–Crippen LogP) is 1.48. The number of hydrogen-bond acceptors (Lipinski definition) is 5. The fraction of sp³-hybridized carbons (Fsp3) is 0.583. The maximum Gasteiger partial charge on any atom is 0.180 e. The zero-order valence-electron chi connectivity index (χ0n) is 11.8. The van der Waals surface area contributed by atoms with Crippen LogP contribution in [0.2, 0.25) is 0 Å². The topological polar surface area (TPSA) is 78.7 Å². The van der Waals surface area contributed by atoms with Crippen LogP contribution >= 0.6 is 0 Å². The van der Waals surface area contributed by atoms with E-state index in [1.54, 1.807) is 10.9 Å². The third kappa shape index (κ3) is 3.05. The predicted molar refractivity (Wildman–Crippen MR) is 75.8 cm³/mol. The van der Waals surface area contributed by atoms with Gasteiger partial charge in [-0.1, -0.05) is 0 Å². The van der Waals surface area contributed by atoms with Gasteiger partial charge in [-0.25, -0.2) is 4.68 Å². The molecule has 2 aromatic rings. The van der Waals surface area contributed by atoms with Gasteiger partial charge in [-0.3, -0.25) is 0 Å². The van der Waals surface area contributed by atoms with Gasteiger partial charge < -0.3 is 4.55 Å². The SMILES string of the molecule is C[C@@H](N[S+]([O-])C(C)(C)C)c1cc2cnn(C)c2nn1. The van der Waals surface area contributed by atoms with E-state index in [0.717, 1.165) is 16.7 Å². The zero-order valence-corrected chi connectivity index (χ0v) is 12.7. The molecule has 0 radical (unpaired) electrons. The smallest absolute Gasteiger partial charge is 0.180 e. The van der Waals surface area contributed by atoms with E-state index in [4.69, 9.17) is 0 Å². The van der Waals surface area contributed by atoms with Gasteiger partial charge in [0.2, 0.25) is 0 Å². The van der Waals surface area contributed by atoms with Crippen molar-refractivity contribution in [2.24, 2.45) is 7.05 Å². The molecule has 0 spiro atoms. The van der Waals surface area contributed by atoms with Crippen LogP contribution in [-0.2, 0) is 18.4 Å². The molecule has 2 atom stereocenters. The van der Waals surface area contributed by atoms with Crippen molar-refractivity contribution in [2.75, 3.05) is 0 Å². The summed E-state index contributed by atoms with van der Waals surface area (Å²) in [5, 5.41) is 13.4. The van der Waals surface area contributed by atoms with Crippen LogP contribution in [-0.4, -0.2) is 29.3 Å². The molecule has 1 unspecified atom stereocenters. The molecule has 0 fully saturated rings. The summed E-state index contributed by atoms with van der Waals surface area (Å²) in [5.74, 6) is 0. The average Bonchev–Trinajstić information content (AvgIpc) is 2.69. The second-order valence-corrected chi connectivity index (χ2v) is 7.53. The molecule has 19 heavy (non-hydrogen) atoms. The van der Waals surface area contributed by atoms with Crippen molar-refractivity contribution in [1.82, 2.24) is 24.7 Å². The van der Waals surface area contributed by atoms with Crippen LogP contribution in [0.3, 0.4) is 0 Å². The molecule has 0 aromatic carbocycles. The fourth-order valence-corrected chi connectivity index (χ4v) is 2.37. The normalized spacial score (nSPS) is 15.7. The van der Waals surface area contributed by atoms with E-state index < -0.39 is 11.4 Å². The summed E-state index contributed by atoms with van der Waals surface area (Å²) in [6.45, 7) is 7.71. The minimum atomic E-state index is -1.14. The molecule has 0 saturated carbocycles. The third-order valence-corrected chi connectivity index (χ3v) is 4.46. The highest BCUT2D eigenvalue weighted by molar-refractivity contribution is 7.90. The van der Waals surface area contributed by atoms with Gasteiger partial charge in [0.05, 0.1) is 17.9 Å². The number of fused-ring (bicyclic) bond motifs is 1. The number of hydrogen-bond donors (Lipinski definition) is 1. The number of aryl methyl sites for hydroxylation is 1. The van der Waals surface area contributed by atoms with E-state index in [0.29, 0.717) is 0 Å². The number of rotatable bonds is 3. The molecule has 0 aliphatic rings.